The van der Waals surface area contributed by atoms with Crippen molar-refractivity contribution < 1.29 is 14.6 Å². The number of aliphatic hydroxyl groups is 1. The molecule has 0 saturated heterocycles. The number of carbonyl (C=O) groups excluding carboxylic acids is 1. The maximum atomic E-state index is 11.6. The monoisotopic (exact) mass is 205 g/mol. The van der Waals surface area contributed by atoms with Gasteiger partial charge in [0.1, 0.15) is 5.75 Å². The molecule has 1 aliphatic carbocycles. The van der Waals surface area contributed by atoms with Crippen LogP contribution in [0.2, 0.25) is 0 Å². The number of fused-ring (bicyclic) bond motifs is 1. The summed E-state index contributed by atoms with van der Waals surface area (Å²) in [5.41, 5.74) is 0.835. The number of benzene rings is 1. The van der Waals surface area contributed by atoms with E-state index in [9.17, 15) is 4.79 Å². The van der Waals surface area contributed by atoms with Gasteiger partial charge in [0.15, 0.2) is 5.60 Å². The van der Waals surface area contributed by atoms with E-state index in [4.69, 9.17) is 9.84 Å². The summed E-state index contributed by atoms with van der Waals surface area (Å²) < 4.78 is 5.65. The van der Waals surface area contributed by atoms with Gasteiger partial charge >= 0.3 is 0 Å². The lowest BCUT2D eigenvalue weighted by Gasteiger charge is -2.25. The van der Waals surface area contributed by atoms with Gasteiger partial charge < -0.3 is 15.2 Å². The molecule has 78 valence electrons. The second-order valence-electron chi connectivity index (χ2n) is 4.04. The van der Waals surface area contributed by atoms with Gasteiger partial charge in [-0.1, -0.05) is 6.07 Å². The van der Waals surface area contributed by atoms with Crippen LogP contribution in [0.5, 0.6) is 5.75 Å². The molecule has 1 aromatic rings. The average molecular weight is 205 g/mol. The first-order chi connectivity index (χ1) is 7.23. The number of rotatable bonds is 1. The molecule has 0 atom stereocenters. The van der Waals surface area contributed by atoms with Crippen molar-refractivity contribution in [2.75, 3.05) is 5.32 Å². The summed E-state index contributed by atoms with van der Waals surface area (Å²) in [6, 6.07) is 5.33. The highest BCUT2D eigenvalue weighted by molar-refractivity contribution is 6.02. The lowest BCUT2D eigenvalue weighted by molar-refractivity contribution is -0.125. The first-order valence-corrected chi connectivity index (χ1v) is 4.98. The molecule has 1 saturated carbocycles. The highest BCUT2D eigenvalue weighted by Gasteiger charge is 2.55. The number of amides is 1. The molecular formula is C11H11NO3. The summed E-state index contributed by atoms with van der Waals surface area (Å²) in [5, 5.41) is 11.8. The third-order valence-corrected chi connectivity index (χ3v) is 2.90. The van der Waals surface area contributed by atoms with Crippen LogP contribution in [-0.2, 0) is 11.4 Å². The SMILES string of the molecule is O=C1Nc2cc(CO)ccc2OC12CC2. The number of anilines is 1. The van der Waals surface area contributed by atoms with E-state index in [0.29, 0.717) is 11.4 Å². The van der Waals surface area contributed by atoms with E-state index < -0.39 is 5.60 Å². The Morgan fingerprint density at radius 2 is 2.27 bits per heavy atom. The number of nitrogens with one attached hydrogen (secondary N) is 1. The van der Waals surface area contributed by atoms with Crippen LogP contribution < -0.4 is 10.1 Å². The molecule has 3 rings (SSSR count). The zero-order valence-corrected chi connectivity index (χ0v) is 8.12. The van der Waals surface area contributed by atoms with Crippen molar-refractivity contribution in [3.8, 4) is 5.75 Å². The maximum Gasteiger partial charge on any atom is 0.268 e. The van der Waals surface area contributed by atoms with Crippen molar-refractivity contribution in [2.45, 2.75) is 25.0 Å². The molecule has 0 bridgehead atoms. The van der Waals surface area contributed by atoms with Crippen molar-refractivity contribution in [3.63, 3.8) is 0 Å². The molecule has 1 aliphatic heterocycles. The van der Waals surface area contributed by atoms with E-state index in [2.05, 4.69) is 5.32 Å². The Morgan fingerprint density at radius 3 is 2.93 bits per heavy atom. The van der Waals surface area contributed by atoms with E-state index in [0.717, 1.165) is 18.4 Å². The first kappa shape index (κ1) is 8.73. The van der Waals surface area contributed by atoms with Crippen molar-refractivity contribution in [1.29, 1.82) is 0 Å². The van der Waals surface area contributed by atoms with Crippen LogP contribution in [-0.4, -0.2) is 16.6 Å². The Hall–Kier alpha value is -1.55. The summed E-state index contributed by atoms with van der Waals surface area (Å²) in [7, 11) is 0. The molecule has 1 heterocycles. The third-order valence-electron chi connectivity index (χ3n) is 2.90. The first-order valence-electron chi connectivity index (χ1n) is 4.98. The Kier molecular flexibility index (Phi) is 1.59. The molecule has 1 fully saturated rings. The van der Waals surface area contributed by atoms with Gasteiger partial charge in [0.25, 0.3) is 5.91 Å². The maximum absolute atomic E-state index is 11.6. The standard InChI is InChI=1S/C11H11NO3/c13-6-7-1-2-9-8(5-7)12-10(14)11(15-9)3-4-11/h1-2,5,13H,3-4,6H2,(H,12,14). The Bertz CT molecular complexity index is 437. The summed E-state index contributed by atoms with van der Waals surface area (Å²) in [4.78, 5) is 11.6. The summed E-state index contributed by atoms with van der Waals surface area (Å²) >= 11 is 0. The quantitative estimate of drug-likeness (QED) is 0.720. The molecule has 0 radical (unpaired) electrons. The number of hydrogen-bond acceptors (Lipinski definition) is 3. The Morgan fingerprint density at radius 1 is 1.47 bits per heavy atom. The van der Waals surface area contributed by atoms with Gasteiger partial charge in [-0.25, -0.2) is 0 Å². The Labute approximate surface area is 86.9 Å². The lowest BCUT2D eigenvalue weighted by atomic mass is 10.1. The highest BCUT2D eigenvalue weighted by atomic mass is 16.5. The fraction of sp³-hybridized carbons (Fsp3) is 0.364. The predicted molar refractivity (Wildman–Crippen MR) is 53.6 cm³/mol. The molecule has 2 aliphatic rings. The van der Waals surface area contributed by atoms with Crippen molar-refractivity contribution >= 4 is 11.6 Å². The topological polar surface area (TPSA) is 58.6 Å². The zero-order chi connectivity index (χ0) is 10.5. The molecule has 0 aromatic heterocycles. The van der Waals surface area contributed by atoms with Crippen molar-refractivity contribution in [3.05, 3.63) is 23.8 Å². The number of aliphatic hydroxyl groups excluding tert-OH is 1. The van der Waals surface area contributed by atoms with Gasteiger partial charge in [0, 0.05) is 12.8 Å². The molecule has 4 nitrogen and oxygen atoms in total. The molecule has 2 N–H and O–H groups in total. The van der Waals surface area contributed by atoms with Gasteiger partial charge in [0.05, 0.1) is 12.3 Å². The third kappa shape index (κ3) is 1.22. The largest absolute Gasteiger partial charge is 0.475 e. The molecule has 1 amide bonds. The average Bonchev–Trinajstić information content (AvgIpc) is 3.00. The number of carbonyl (C=O) groups is 1. The summed E-state index contributed by atoms with van der Waals surface area (Å²) in [5.74, 6) is 0.634. The van der Waals surface area contributed by atoms with Crippen molar-refractivity contribution in [2.24, 2.45) is 0 Å². The smallest absolute Gasteiger partial charge is 0.268 e. The van der Waals surface area contributed by atoms with E-state index in [1.807, 2.05) is 0 Å². The van der Waals surface area contributed by atoms with Gasteiger partial charge in [-0.15, -0.1) is 0 Å². The van der Waals surface area contributed by atoms with Crippen LogP contribution in [0.15, 0.2) is 18.2 Å². The second kappa shape index (κ2) is 2.73. The van der Waals surface area contributed by atoms with Gasteiger partial charge in [-0.3, -0.25) is 4.79 Å². The number of hydrogen-bond donors (Lipinski definition) is 2. The van der Waals surface area contributed by atoms with Crippen LogP contribution >= 0.6 is 0 Å². The van der Waals surface area contributed by atoms with Crippen LogP contribution in [0, 0.1) is 0 Å². The molecule has 1 aromatic carbocycles. The summed E-state index contributed by atoms with van der Waals surface area (Å²) in [6.07, 6.45) is 1.58. The predicted octanol–water partition coefficient (Wildman–Crippen LogP) is 1.04. The lowest BCUT2D eigenvalue weighted by Crippen LogP contribution is -2.39. The summed E-state index contributed by atoms with van der Waals surface area (Å²) in [6.45, 7) is -0.0334. The highest BCUT2D eigenvalue weighted by Crippen LogP contribution is 2.46. The Balaban J connectivity index is 2.01. The fourth-order valence-electron chi connectivity index (χ4n) is 1.80. The normalized spacial score (nSPS) is 20.5. The zero-order valence-electron chi connectivity index (χ0n) is 8.12. The molecular weight excluding hydrogens is 194 g/mol. The molecule has 4 heteroatoms. The van der Waals surface area contributed by atoms with Gasteiger partial charge in [-0.05, 0) is 17.7 Å². The van der Waals surface area contributed by atoms with Crippen molar-refractivity contribution in [1.82, 2.24) is 0 Å². The van der Waals surface area contributed by atoms with Crippen LogP contribution in [0.1, 0.15) is 18.4 Å². The molecule has 0 unspecified atom stereocenters. The minimum Gasteiger partial charge on any atom is -0.475 e. The van der Waals surface area contributed by atoms with Crippen LogP contribution in [0.3, 0.4) is 0 Å². The minimum absolute atomic E-state index is 0.0334. The van der Waals surface area contributed by atoms with Gasteiger partial charge in [0.2, 0.25) is 0 Å². The number of ether oxygens (including phenoxy) is 1. The van der Waals surface area contributed by atoms with E-state index >= 15 is 0 Å². The molecule has 15 heavy (non-hydrogen) atoms. The van der Waals surface area contributed by atoms with E-state index in [1.54, 1.807) is 18.2 Å². The second-order valence-corrected chi connectivity index (χ2v) is 4.04. The van der Waals surface area contributed by atoms with E-state index in [-0.39, 0.29) is 12.5 Å². The van der Waals surface area contributed by atoms with Crippen LogP contribution in [0.4, 0.5) is 5.69 Å². The van der Waals surface area contributed by atoms with Gasteiger partial charge in [-0.2, -0.15) is 0 Å². The molecule has 1 spiro atoms. The van der Waals surface area contributed by atoms with E-state index in [1.165, 1.54) is 0 Å². The van der Waals surface area contributed by atoms with Crippen LogP contribution in [0.25, 0.3) is 0 Å². The fourth-order valence-corrected chi connectivity index (χ4v) is 1.80. The minimum atomic E-state index is -0.590.